The molecule has 0 radical (unpaired) electrons. The third kappa shape index (κ3) is 4.12. The molecule has 0 aromatic carbocycles. The predicted octanol–water partition coefficient (Wildman–Crippen LogP) is 3.46. The van der Waals surface area contributed by atoms with Crippen LogP contribution in [0.25, 0.3) is 0 Å². The normalized spacial score (nSPS) is 20.7. The van der Waals surface area contributed by atoms with Gasteiger partial charge in [-0.05, 0) is 43.7 Å². The molecular formula is C18H19F3N4O2. The molecule has 0 bridgehead atoms. The highest BCUT2D eigenvalue weighted by molar-refractivity contribution is 5.94. The van der Waals surface area contributed by atoms with Crippen molar-refractivity contribution in [2.24, 2.45) is 5.92 Å². The lowest BCUT2D eigenvalue weighted by Gasteiger charge is -2.32. The highest BCUT2D eigenvalue weighted by atomic mass is 19.4. The molecule has 2 aromatic heterocycles. The number of piperidine rings is 1. The van der Waals surface area contributed by atoms with Crippen molar-refractivity contribution in [2.75, 3.05) is 13.1 Å². The Bertz CT molecular complexity index is 815. The molecule has 1 saturated heterocycles. The molecule has 1 amide bonds. The van der Waals surface area contributed by atoms with E-state index in [1.807, 2.05) is 0 Å². The van der Waals surface area contributed by atoms with Gasteiger partial charge in [-0.25, -0.2) is 0 Å². The van der Waals surface area contributed by atoms with Crippen LogP contribution in [0, 0.1) is 5.92 Å². The summed E-state index contributed by atoms with van der Waals surface area (Å²) in [6.07, 6.45) is 1.06. The number of aromatic nitrogens is 3. The number of pyridine rings is 1. The molecule has 1 atom stereocenters. The fourth-order valence-electron chi connectivity index (χ4n) is 3.39. The average molecular weight is 380 g/mol. The van der Waals surface area contributed by atoms with Crippen molar-refractivity contribution in [2.45, 2.75) is 44.2 Å². The van der Waals surface area contributed by atoms with E-state index in [2.05, 4.69) is 15.1 Å². The number of carbonyl (C=O) groups excluding carboxylic acids is 1. The van der Waals surface area contributed by atoms with Gasteiger partial charge < -0.3 is 9.42 Å². The van der Waals surface area contributed by atoms with E-state index < -0.39 is 11.9 Å². The zero-order valence-corrected chi connectivity index (χ0v) is 14.6. The fraction of sp³-hybridized carbons (Fsp3) is 0.556. The summed E-state index contributed by atoms with van der Waals surface area (Å²) in [5.41, 5.74) is -0.837. The summed E-state index contributed by atoms with van der Waals surface area (Å²) < 4.78 is 43.1. The molecular weight excluding hydrogens is 361 g/mol. The Morgan fingerprint density at radius 3 is 2.74 bits per heavy atom. The molecule has 4 rings (SSSR count). The van der Waals surface area contributed by atoms with Gasteiger partial charge in [0.1, 0.15) is 5.69 Å². The van der Waals surface area contributed by atoms with Crippen molar-refractivity contribution in [3.63, 3.8) is 0 Å². The maximum Gasteiger partial charge on any atom is 0.433 e. The number of rotatable bonds is 4. The van der Waals surface area contributed by atoms with Crippen molar-refractivity contribution in [3.05, 3.63) is 41.3 Å². The number of alkyl halides is 3. The van der Waals surface area contributed by atoms with Crippen LogP contribution in [0.2, 0.25) is 0 Å². The molecule has 0 unspecified atom stereocenters. The molecule has 2 aromatic rings. The first kappa shape index (κ1) is 17.9. The van der Waals surface area contributed by atoms with E-state index in [9.17, 15) is 18.0 Å². The van der Waals surface area contributed by atoms with Gasteiger partial charge in [0, 0.05) is 31.6 Å². The van der Waals surface area contributed by atoms with Gasteiger partial charge in [-0.2, -0.15) is 18.2 Å². The Morgan fingerprint density at radius 1 is 1.26 bits per heavy atom. The highest BCUT2D eigenvalue weighted by Crippen LogP contribution is 2.38. The number of halogens is 3. The van der Waals surface area contributed by atoms with E-state index in [0.717, 1.165) is 43.8 Å². The monoisotopic (exact) mass is 380 g/mol. The predicted molar refractivity (Wildman–Crippen MR) is 87.8 cm³/mol. The van der Waals surface area contributed by atoms with Gasteiger partial charge in [0.05, 0.1) is 5.56 Å². The summed E-state index contributed by atoms with van der Waals surface area (Å²) in [4.78, 5) is 22.1. The Kier molecular flexibility index (Phi) is 4.61. The molecule has 1 saturated carbocycles. The quantitative estimate of drug-likeness (QED) is 0.812. The average Bonchev–Trinajstić information content (AvgIpc) is 3.40. The lowest BCUT2D eigenvalue weighted by molar-refractivity contribution is -0.141. The zero-order valence-electron chi connectivity index (χ0n) is 14.6. The molecule has 0 N–H and O–H groups in total. The summed E-state index contributed by atoms with van der Waals surface area (Å²) in [6.45, 7) is 1.09. The minimum absolute atomic E-state index is 0.164. The number of amides is 1. The number of nitrogens with zero attached hydrogens (tertiary/aromatic N) is 4. The molecule has 6 nitrogen and oxygen atoms in total. The van der Waals surface area contributed by atoms with E-state index in [4.69, 9.17) is 4.52 Å². The Balaban J connectivity index is 1.38. The molecule has 2 fully saturated rings. The first-order valence-corrected chi connectivity index (χ1v) is 9.05. The number of likely N-dealkylation sites (tertiary alicyclic amines) is 1. The summed E-state index contributed by atoms with van der Waals surface area (Å²) >= 11 is 0. The van der Waals surface area contributed by atoms with Crippen LogP contribution in [0.3, 0.4) is 0 Å². The lowest BCUT2D eigenvalue weighted by atomic mass is 9.94. The van der Waals surface area contributed by atoms with Gasteiger partial charge in [0.2, 0.25) is 5.89 Å². The molecule has 1 aliphatic carbocycles. The van der Waals surface area contributed by atoms with Crippen molar-refractivity contribution in [1.82, 2.24) is 20.0 Å². The Hall–Kier alpha value is -2.45. The van der Waals surface area contributed by atoms with Crippen molar-refractivity contribution < 1.29 is 22.5 Å². The summed E-state index contributed by atoms with van der Waals surface area (Å²) in [6, 6.07) is 2.02. The fourth-order valence-corrected chi connectivity index (χ4v) is 3.39. The second-order valence-electron chi connectivity index (χ2n) is 7.21. The molecule has 27 heavy (non-hydrogen) atoms. The summed E-state index contributed by atoms with van der Waals surface area (Å²) in [5.74, 6) is 1.68. The molecule has 1 aliphatic heterocycles. The van der Waals surface area contributed by atoms with Gasteiger partial charge in [-0.1, -0.05) is 5.16 Å². The minimum Gasteiger partial charge on any atom is -0.339 e. The smallest absolute Gasteiger partial charge is 0.339 e. The van der Waals surface area contributed by atoms with Gasteiger partial charge in [-0.15, -0.1) is 0 Å². The first-order chi connectivity index (χ1) is 12.9. The first-order valence-electron chi connectivity index (χ1n) is 9.05. The van der Waals surface area contributed by atoms with Gasteiger partial charge >= 0.3 is 6.18 Å². The number of carbonyl (C=O) groups is 1. The summed E-state index contributed by atoms with van der Waals surface area (Å²) in [7, 11) is 0. The van der Waals surface area contributed by atoms with Crippen LogP contribution in [0.1, 0.15) is 59.4 Å². The van der Waals surface area contributed by atoms with Crippen LogP contribution < -0.4 is 0 Å². The van der Waals surface area contributed by atoms with Crippen LogP contribution in [-0.2, 0) is 12.6 Å². The number of hydrogen-bond donors (Lipinski definition) is 0. The van der Waals surface area contributed by atoms with Crippen LogP contribution >= 0.6 is 0 Å². The van der Waals surface area contributed by atoms with E-state index in [-0.39, 0.29) is 17.4 Å². The van der Waals surface area contributed by atoms with Crippen molar-refractivity contribution in [3.8, 4) is 0 Å². The Labute approximate surface area is 153 Å². The van der Waals surface area contributed by atoms with Gasteiger partial charge in [0.15, 0.2) is 5.82 Å². The second kappa shape index (κ2) is 6.94. The van der Waals surface area contributed by atoms with Crippen LogP contribution in [0.4, 0.5) is 13.2 Å². The van der Waals surface area contributed by atoms with E-state index in [1.165, 1.54) is 6.07 Å². The largest absolute Gasteiger partial charge is 0.433 e. The lowest BCUT2D eigenvalue weighted by Crippen LogP contribution is -2.40. The van der Waals surface area contributed by atoms with Crippen LogP contribution in [0.15, 0.2) is 22.9 Å². The Morgan fingerprint density at radius 2 is 2.07 bits per heavy atom. The van der Waals surface area contributed by atoms with E-state index in [1.54, 1.807) is 4.90 Å². The molecule has 3 heterocycles. The molecule has 144 valence electrons. The summed E-state index contributed by atoms with van der Waals surface area (Å²) in [5, 5.41) is 4.01. The molecule has 2 aliphatic rings. The van der Waals surface area contributed by atoms with Crippen molar-refractivity contribution >= 4 is 5.91 Å². The maximum absolute atomic E-state index is 12.6. The SMILES string of the molecule is O=C(c1ccc(C(F)(F)F)nc1)N1CCC[C@H](Cc2nc(C3CC3)no2)C1. The van der Waals surface area contributed by atoms with E-state index >= 15 is 0 Å². The van der Waals surface area contributed by atoms with Crippen LogP contribution in [-0.4, -0.2) is 39.0 Å². The van der Waals surface area contributed by atoms with Crippen molar-refractivity contribution in [1.29, 1.82) is 0 Å². The zero-order chi connectivity index (χ0) is 19.0. The van der Waals surface area contributed by atoms with Gasteiger partial charge in [-0.3, -0.25) is 9.78 Å². The second-order valence-corrected chi connectivity index (χ2v) is 7.21. The topological polar surface area (TPSA) is 72.1 Å². The standard InChI is InChI=1S/C18H19F3N4O2/c19-18(20,21)14-6-5-13(9-22-14)17(26)25-7-1-2-11(10-25)8-15-23-16(24-27-15)12-3-4-12/h5-6,9,11-12H,1-4,7-8,10H2/t11-/m1/s1. The molecule has 0 spiro atoms. The van der Waals surface area contributed by atoms with Crippen LogP contribution in [0.5, 0.6) is 0 Å². The highest BCUT2D eigenvalue weighted by Gasteiger charge is 2.33. The van der Waals surface area contributed by atoms with Gasteiger partial charge in [0.25, 0.3) is 5.91 Å². The number of hydrogen-bond acceptors (Lipinski definition) is 5. The minimum atomic E-state index is -4.51. The van der Waals surface area contributed by atoms with E-state index in [0.29, 0.717) is 31.3 Å². The molecule has 9 heteroatoms. The third-order valence-corrected chi connectivity index (χ3v) is 5.00. The third-order valence-electron chi connectivity index (χ3n) is 5.00. The maximum atomic E-state index is 12.6.